The smallest absolute Gasteiger partial charge is 0.321 e. The number of aliphatic hydroxyl groups is 3. The van der Waals surface area contributed by atoms with Gasteiger partial charge in [-0.3, -0.25) is 4.90 Å². The van der Waals surface area contributed by atoms with Crippen molar-refractivity contribution in [1.82, 2.24) is 10.2 Å². The Morgan fingerprint density at radius 3 is 2.81 bits per heavy atom. The van der Waals surface area contributed by atoms with Crippen LogP contribution in [-0.2, 0) is 4.74 Å². The summed E-state index contributed by atoms with van der Waals surface area (Å²) in [7, 11) is 0. The number of hydrogen-bond donors (Lipinski definition) is 4. The fourth-order valence-electron chi connectivity index (χ4n) is 2.01. The van der Waals surface area contributed by atoms with Crippen molar-refractivity contribution in [3.8, 4) is 0 Å². The lowest BCUT2D eigenvalue weighted by Crippen LogP contribution is -2.55. The first-order valence-electron chi connectivity index (χ1n) is 5.31. The average molecular weight is 232 g/mol. The number of nitrogens with zero attached hydrogens (tertiary/aromatic N) is 1. The lowest BCUT2D eigenvalue weighted by molar-refractivity contribution is -0.0730. The molecule has 2 aliphatic heterocycles. The minimum absolute atomic E-state index is 0.268. The molecule has 0 bridgehead atoms. The highest BCUT2D eigenvalue weighted by Gasteiger charge is 2.40. The maximum atomic E-state index is 11.5. The number of rotatable bonds is 2. The molecule has 0 spiro atoms. The molecule has 2 saturated heterocycles. The maximum Gasteiger partial charge on any atom is 0.321 e. The second kappa shape index (κ2) is 4.54. The van der Waals surface area contributed by atoms with Crippen LogP contribution in [-0.4, -0.2) is 64.1 Å². The molecule has 2 heterocycles. The molecule has 0 aromatic carbocycles. The van der Waals surface area contributed by atoms with Crippen LogP contribution in [0.3, 0.4) is 0 Å². The number of hydrogen-bond acceptors (Lipinski definition) is 5. The molecule has 0 aromatic rings. The van der Waals surface area contributed by atoms with Gasteiger partial charge in [0.15, 0.2) is 0 Å². The summed E-state index contributed by atoms with van der Waals surface area (Å²) < 4.78 is 5.35. The summed E-state index contributed by atoms with van der Waals surface area (Å²) in [6.45, 7) is 0.109. The lowest BCUT2D eigenvalue weighted by atomic mass is 10.2. The van der Waals surface area contributed by atoms with Gasteiger partial charge in [0.2, 0.25) is 0 Å². The second-order valence-electron chi connectivity index (χ2n) is 4.06. The third kappa shape index (κ3) is 2.12. The summed E-state index contributed by atoms with van der Waals surface area (Å²) in [5.74, 6) is 0. The number of ether oxygens (including phenoxy) is 1. The van der Waals surface area contributed by atoms with Crippen LogP contribution in [0.2, 0.25) is 0 Å². The third-order valence-electron chi connectivity index (χ3n) is 2.93. The number of carbonyl (C=O) groups excluding carboxylic acids is 1. The molecule has 7 heteroatoms. The van der Waals surface area contributed by atoms with Crippen LogP contribution >= 0.6 is 0 Å². The van der Waals surface area contributed by atoms with Crippen LogP contribution in [0.15, 0.2) is 0 Å². The molecule has 0 saturated carbocycles. The van der Waals surface area contributed by atoms with Crippen LogP contribution in [0.4, 0.5) is 4.79 Å². The van der Waals surface area contributed by atoms with Gasteiger partial charge in [0.1, 0.15) is 18.6 Å². The topological polar surface area (TPSA) is 102 Å². The first-order chi connectivity index (χ1) is 7.61. The Bertz CT molecular complexity index is 275. The molecule has 0 aromatic heterocycles. The first-order valence-corrected chi connectivity index (χ1v) is 5.31. The van der Waals surface area contributed by atoms with Crippen molar-refractivity contribution in [3.05, 3.63) is 0 Å². The minimum atomic E-state index is -0.816. The van der Waals surface area contributed by atoms with Crippen LogP contribution in [0.1, 0.15) is 12.8 Å². The molecular formula is C9H16N2O5. The number of nitrogens with one attached hydrogen (secondary N) is 1. The highest BCUT2D eigenvalue weighted by molar-refractivity contribution is 5.75. The Balaban J connectivity index is 1.96. The third-order valence-corrected chi connectivity index (χ3v) is 2.93. The molecule has 2 amide bonds. The first kappa shape index (κ1) is 11.6. The van der Waals surface area contributed by atoms with E-state index >= 15 is 0 Å². The summed E-state index contributed by atoms with van der Waals surface area (Å²) >= 11 is 0. The van der Waals surface area contributed by atoms with Crippen molar-refractivity contribution in [3.63, 3.8) is 0 Å². The lowest BCUT2D eigenvalue weighted by Gasteiger charge is -2.34. The van der Waals surface area contributed by atoms with E-state index in [1.165, 1.54) is 4.90 Å². The van der Waals surface area contributed by atoms with Gasteiger partial charge in [-0.05, 0) is 0 Å². The molecule has 16 heavy (non-hydrogen) atoms. The van der Waals surface area contributed by atoms with E-state index in [2.05, 4.69) is 5.32 Å². The zero-order valence-electron chi connectivity index (χ0n) is 8.74. The van der Waals surface area contributed by atoms with Gasteiger partial charge in [0, 0.05) is 19.4 Å². The van der Waals surface area contributed by atoms with E-state index in [9.17, 15) is 15.0 Å². The zero-order chi connectivity index (χ0) is 11.7. The molecule has 1 unspecified atom stereocenters. The highest BCUT2D eigenvalue weighted by atomic mass is 16.5. The molecule has 4 N–H and O–H groups in total. The number of aliphatic hydroxyl groups excluding tert-OH is 3. The van der Waals surface area contributed by atoms with Crippen molar-refractivity contribution < 1.29 is 24.9 Å². The van der Waals surface area contributed by atoms with Gasteiger partial charge in [0.25, 0.3) is 0 Å². The van der Waals surface area contributed by atoms with E-state index in [0.29, 0.717) is 13.0 Å². The Hall–Kier alpha value is -0.890. The van der Waals surface area contributed by atoms with E-state index < -0.39 is 30.7 Å². The maximum absolute atomic E-state index is 11.5. The van der Waals surface area contributed by atoms with Gasteiger partial charge in [0.05, 0.1) is 12.7 Å². The highest BCUT2D eigenvalue weighted by Crippen LogP contribution is 2.24. The number of carbonyl (C=O) groups is 1. The van der Waals surface area contributed by atoms with Crippen LogP contribution in [0, 0.1) is 0 Å². The molecule has 2 aliphatic rings. The average Bonchev–Trinajstić information content (AvgIpc) is 2.59. The van der Waals surface area contributed by atoms with E-state index in [1.807, 2.05) is 0 Å². The van der Waals surface area contributed by atoms with Gasteiger partial charge in [-0.2, -0.15) is 0 Å². The molecular weight excluding hydrogens is 216 g/mol. The fraction of sp³-hybridized carbons (Fsp3) is 0.889. The van der Waals surface area contributed by atoms with E-state index in [4.69, 9.17) is 9.84 Å². The van der Waals surface area contributed by atoms with Crippen molar-refractivity contribution >= 4 is 6.03 Å². The van der Waals surface area contributed by atoms with E-state index in [0.717, 1.165) is 0 Å². The second-order valence-corrected chi connectivity index (χ2v) is 4.06. The van der Waals surface area contributed by atoms with Gasteiger partial charge in [-0.15, -0.1) is 0 Å². The number of urea groups is 1. The summed E-state index contributed by atoms with van der Waals surface area (Å²) in [6, 6.07) is -0.408. The van der Waals surface area contributed by atoms with Crippen LogP contribution in [0.25, 0.3) is 0 Å². The van der Waals surface area contributed by atoms with Gasteiger partial charge < -0.3 is 25.4 Å². The molecule has 2 rings (SSSR count). The van der Waals surface area contributed by atoms with Gasteiger partial charge in [-0.25, -0.2) is 4.79 Å². The largest absolute Gasteiger partial charge is 0.394 e. The van der Waals surface area contributed by atoms with Crippen LogP contribution in [0.5, 0.6) is 0 Å². The summed E-state index contributed by atoms with van der Waals surface area (Å²) in [5.41, 5.74) is 0. The predicted molar refractivity (Wildman–Crippen MR) is 52.2 cm³/mol. The van der Waals surface area contributed by atoms with E-state index in [1.54, 1.807) is 0 Å². The summed E-state index contributed by atoms with van der Waals surface area (Å²) in [4.78, 5) is 12.9. The summed E-state index contributed by atoms with van der Waals surface area (Å²) in [6.07, 6.45) is -2.03. The Morgan fingerprint density at radius 1 is 1.50 bits per heavy atom. The van der Waals surface area contributed by atoms with Crippen molar-refractivity contribution in [2.45, 2.75) is 37.5 Å². The normalized spacial score (nSPS) is 39.9. The predicted octanol–water partition coefficient (Wildman–Crippen LogP) is -1.81. The van der Waals surface area contributed by atoms with Crippen LogP contribution < -0.4 is 5.32 Å². The Kier molecular flexibility index (Phi) is 3.29. The van der Waals surface area contributed by atoms with Crippen molar-refractivity contribution in [2.75, 3.05) is 13.2 Å². The molecule has 4 atom stereocenters. The molecule has 0 aliphatic carbocycles. The molecule has 2 fully saturated rings. The quantitative estimate of drug-likeness (QED) is 0.449. The molecule has 7 nitrogen and oxygen atoms in total. The standard InChI is InChI=1S/C9H16N2O5/c12-4-6-5(13)3-8(16-6)11-2-1-7(14)10-9(11)15/h5-8,12-14H,1-4H2,(H,10,15)/t5-,6+,7?,8+/m0/s1. The van der Waals surface area contributed by atoms with E-state index in [-0.39, 0.29) is 13.0 Å². The van der Waals surface area contributed by atoms with Crippen molar-refractivity contribution in [2.24, 2.45) is 0 Å². The van der Waals surface area contributed by atoms with Crippen molar-refractivity contribution in [1.29, 1.82) is 0 Å². The Labute approximate surface area is 92.6 Å². The fourth-order valence-corrected chi connectivity index (χ4v) is 2.01. The SMILES string of the molecule is O=C1NC(O)CCN1[C@H]1C[C@H](O)[C@@H](CO)O1. The molecule has 92 valence electrons. The van der Waals surface area contributed by atoms with Gasteiger partial charge in [-0.1, -0.05) is 0 Å². The Morgan fingerprint density at radius 2 is 2.25 bits per heavy atom. The number of amides is 2. The molecule has 0 radical (unpaired) electrons. The summed E-state index contributed by atoms with van der Waals surface area (Å²) in [5, 5.41) is 30.0. The zero-order valence-corrected chi connectivity index (χ0v) is 8.74. The monoisotopic (exact) mass is 232 g/mol. The minimum Gasteiger partial charge on any atom is -0.394 e. The van der Waals surface area contributed by atoms with Gasteiger partial charge >= 0.3 is 6.03 Å².